The highest BCUT2D eigenvalue weighted by Crippen LogP contribution is 2.20. The fourth-order valence-corrected chi connectivity index (χ4v) is 3.71. The van der Waals surface area contributed by atoms with E-state index in [-0.39, 0.29) is 5.91 Å². The number of carbonyl (C=O) groups excluding carboxylic acids is 1. The summed E-state index contributed by atoms with van der Waals surface area (Å²) in [4.78, 5) is 17.6. The minimum Gasteiger partial charge on any atom is -0.340 e. The Kier molecular flexibility index (Phi) is 4.99. The van der Waals surface area contributed by atoms with Gasteiger partial charge < -0.3 is 4.90 Å². The Morgan fingerprint density at radius 1 is 1.42 bits per heavy atom. The van der Waals surface area contributed by atoms with E-state index in [1.54, 1.807) is 11.3 Å². The number of hydrogen-bond donors (Lipinski definition) is 0. The minimum atomic E-state index is 0.231. The van der Waals surface area contributed by atoms with Gasteiger partial charge in [-0.3, -0.25) is 9.69 Å². The van der Waals surface area contributed by atoms with Crippen molar-refractivity contribution in [3.8, 4) is 0 Å². The summed E-state index contributed by atoms with van der Waals surface area (Å²) in [6.45, 7) is 7.98. The Morgan fingerprint density at radius 3 is 2.68 bits per heavy atom. The van der Waals surface area contributed by atoms with Gasteiger partial charge >= 0.3 is 0 Å². The SMILES string of the molecule is CC1CC(C)CN(CC(=O)N(C)Cc2cccs2)C1. The van der Waals surface area contributed by atoms with Gasteiger partial charge in [0, 0.05) is 25.0 Å². The highest BCUT2D eigenvalue weighted by molar-refractivity contribution is 7.09. The molecule has 3 nitrogen and oxygen atoms in total. The number of piperidine rings is 1. The third kappa shape index (κ3) is 4.32. The summed E-state index contributed by atoms with van der Waals surface area (Å²) in [5.74, 6) is 1.65. The van der Waals surface area contributed by atoms with Gasteiger partial charge in [-0.25, -0.2) is 0 Å². The third-order valence-corrected chi connectivity index (χ3v) is 4.56. The lowest BCUT2D eigenvalue weighted by Crippen LogP contribution is -2.44. The van der Waals surface area contributed by atoms with Crippen molar-refractivity contribution in [2.45, 2.75) is 26.8 Å². The van der Waals surface area contributed by atoms with Crippen LogP contribution in [0.2, 0.25) is 0 Å². The molecule has 0 spiro atoms. The fourth-order valence-electron chi connectivity index (χ4n) is 2.96. The smallest absolute Gasteiger partial charge is 0.236 e. The van der Waals surface area contributed by atoms with Crippen molar-refractivity contribution in [3.05, 3.63) is 22.4 Å². The molecule has 2 atom stereocenters. The van der Waals surface area contributed by atoms with Crippen LogP contribution in [0.15, 0.2) is 17.5 Å². The van der Waals surface area contributed by atoms with Crippen LogP contribution in [0.4, 0.5) is 0 Å². The average Bonchev–Trinajstić information content (AvgIpc) is 2.80. The molecular formula is C15H24N2OS. The van der Waals surface area contributed by atoms with Crippen molar-refractivity contribution in [1.29, 1.82) is 0 Å². The maximum Gasteiger partial charge on any atom is 0.236 e. The second-order valence-electron chi connectivity index (χ2n) is 5.97. The number of nitrogens with zero attached hydrogens (tertiary/aromatic N) is 2. The van der Waals surface area contributed by atoms with E-state index >= 15 is 0 Å². The maximum absolute atomic E-state index is 12.2. The van der Waals surface area contributed by atoms with Crippen molar-refractivity contribution < 1.29 is 4.79 Å². The van der Waals surface area contributed by atoms with E-state index < -0.39 is 0 Å². The van der Waals surface area contributed by atoms with Crippen LogP contribution in [0.3, 0.4) is 0 Å². The van der Waals surface area contributed by atoms with E-state index in [4.69, 9.17) is 0 Å². The van der Waals surface area contributed by atoms with E-state index in [9.17, 15) is 4.79 Å². The molecule has 0 N–H and O–H groups in total. The van der Waals surface area contributed by atoms with Gasteiger partial charge in [0.1, 0.15) is 0 Å². The predicted octanol–water partition coefficient (Wildman–Crippen LogP) is 2.68. The van der Waals surface area contributed by atoms with Crippen LogP contribution >= 0.6 is 11.3 Å². The van der Waals surface area contributed by atoms with Crippen LogP contribution in [-0.4, -0.2) is 42.4 Å². The second kappa shape index (κ2) is 6.53. The molecule has 2 unspecified atom stereocenters. The third-order valence-electron chi connectivity index (χ3n) is 3.70. The van der Waals surface area contributed by atoms with E-state index in [1.807, 2.05) is 18.0 Å². The summed E-state index contributed by atoms with van der Waals surface area (Å²) in [6, 6.07) is 4.12. The molecule has 0 saturated carbocycles. The zero-order valence-electron chi connectivity index (χ0n) is 12.1. The molecule has 0 bridgehead atoms. The summed E-state index contributed by atoms with van der Waals surface area (Å²) in [5, 5.41) is 2.06. The molecule has 1 aromatic heterocycles. The first-order chi connectivity index (χ1) is 9.04. The van der Waals surface area contributed by atoms with E-state index in [1.165, 1.54) is 11.3 Å². The Bertz CT molecular complexity index is 394. The molecule has 19 heavy (non-hydrogen) atoms. The predicted molar refractivity (Wildman–Crippen MR) is 80.2 cm³/mol. The molecule has 1 aliphatic heterocycles. The van der Waals surface area contributed by atoms with E-state index in [0.717, 1.165) is 19.6 Å². The number of likely N-dealkylation sites (N-methyl/N-ethyl adjacent to an activating group) is 1. The van der Waals surface area contributed by atoms with Gasteiger partial charge in [0.05, 0.1) is 13.1 Å². The molecule has 1 fully saturated rings. The van der Waals surface area contributed by atoms with Crippen LogP contribution in [0, 0.1) is 11.8 Å². The Balaban J connectivity index is 1.82. The minimum absolute atomic E-state index is 0.231. The molecule has 1 aliphatic rings. The fraction of sp³-hybridized carbons (Fsp3) is 0.667. The molecule has 2 heterocycles. The van der Waals surface area contributed by atoms with Gasteiger partial charge in [-0.2, -0.15) is 0 Å². The maximum atomic E-state index is 12.2. The van der Waals surface area contributed by atoms with Crippen LogP contribution < -0.4 is 0 Å². The largest absolute Gasteiger partial charge is 0.340 e. The summed E-state index contributed by atoms with van der Waals surface area (Å²) in [5.41, 5.74) is 0. The molecular weight excluding hydrogens is 256 g/mol. The Morgan fingerprint density at radius 2 is 2.11 bits per heavy atom. The van der Waals surface area contributed by atoms with Crippen molar-refractivity contribution in [2.75, 3.05) is 26.7 Å². The second-order valence-corrected chi connectivity index (χ2v) is 7.00. The van der Waals surface area contributed by atoms with Crippen molar-refractivity contribution in [1.82, 2.24) is 9.80 Å². The first kappa shape index (κ1) is 14.5. The van der Waals surface area contributed by atoms with E-state index in [0.29, 0.717) is 18.4 Å². The summed E-state index contributed by atoms with van der Waals surface area (Å²) < 4.78 is 0. The molecule has 2 rings (SSSR count). The van der Waals surface area contributed by atoms with Crippen molar-refractivity contribution >= 4 is 17.2 Å². The van der Waals surface area contributed by atoms with Gasteiger partial charge in [-0.1, -0.05) is 19.9 Å². The molecule has 1 saturated heterocycles. The number of amides is 1. The summed E-state index contributed by atoms with van der Waals surface area (Å²) in [7, 11) is 1.90. The summed E-state index contributed by atoms with van der Waals surface area (Å²) >= 11 is 1.71. The van der Waals surface area contributed by atoms with Gasteiger partial charge in [0.15, 0.2) is 0 Å². The molecule has 1 aromatic rings. The van der Waals surface area contributed by atoms with Crippen molar-refractivity contribution in [2.24, 2.45) is 11.8 Å². The summed E-state index contributed by atoms with van der Waals surface area (Å²) in [6.07, 6.45) is 1.29. The lowest BCUT2D eigenvalue weighted by atomic mass is 9.92. The Labute approximate surface area is 120 Å². The van der Waals surface area contributed by atoms with Crippen LogP contribution in [0.5, 0.6) is 0 Å². The average molecular weight is 280 g/mol. The first-order valence-corrected chi connectivity index (χ1v) is 7.91. The lowest BCUT2D eigenvalue weighted by Gasteiger charge is -2.35. The molecule has 0 radical (unpaired) electrons. The molecule has 1 amide bonds. The van der Waals surface area contributed by atoms with Gasteiger partial charge in [-0.15, -0.1) is 11.3 Å². The molecule has 0 aromatic carbocycles. The standard InChI is InChI=1S/C15H24N2OS/c1-12-7-13(2)9-17(8-12)11-15(18)16(3)10-14-5-4-6-19-14/h4-6,12-13H,7-11H2,1-3H3. The highest BCUT2D eigenvalue weighted by Gasteiger charge is 2.24. The van der Waals surface area contributed by atoms with Gasteiger partial charge in [0.2, 0.25) is 5.91 Å². The zero-order chi connectivity index (χ0) is 13.8. The number of thiophene rings is 1. The van der Waals surface area contributed by atoms with Gasteiger partial charge in [-0.05, 0) is 29.7 Å². The van der Waals surface area contributed by atoms with Crippen molar-refractivity contribution in [3.63, 3.8) is 0 Å². The monoisotopic (exact) mass is 280 g/mol. The van der Waals surface area contributed by atoms with Gasteiger partial charge in [0.25, 0.3) is 0 Å². The molecule has 4 heteroatoms. The Hall–Kier alpha value is -0.870. The van der Waals surface area contributed by atoms with Crippen LogP contribution in [0.1, 0.15) is 25.1 Å². The lowest BCUT2D eigenvalue weighted by molar-refractivity contribution is -0.132. The quantitative estimate of drug-likeness (QED) is 0.846. The van der Waals surface area contributed by atoms with Crippen LogP contribution in [-0.2, 0) is 11.3 Å². The number of carbonyl (C=O) groups is 1. The highest BCUT2D eigenvalue weighted by atomic mass is 32.1. The van der Waals surface area contributed by atoms with Crippen LogP contribution in [0.25, 0.3) is 0 Å². The zero-order valence-corrected chi connectivity index (χ0v) is 12.9. The van der Waals surface area contributed by atoms with E-state index in [2.05, 4.69) is 30.2 Å². The number of hydrogen-bond acceptors (Lipinski definition) is 3. The molecule has 0 aliphatic carbocycles. The first-order valence-electron chi connectivity index (χ1n) is 7.03. The number of rotatable bonds is 4. The topological polar surface area (TPSA) is 23.6 Å². The number of likely N-dealkylation sites (tertiary alicyclic amines) is 1. The normalized spacial score (nSPS) is 24.4. The molecule has 106 valence electrons.